The average Bonchev–Trinajstić information content (AvgIpc) is 2.88. The number of carbonyl (C=O) groups excluding carboxylic acids is 1. The Morgan fingerprint density at radius 3 is 2.28 bits per heavy atom. The zero-order valence-electron chi connectivity index (χ0n) is 20.5. The second kappa shape index (κ2) is 12.2. The first-order valence-electron chi connectivity index (χ1n) is 11.3. The van der Waals surface area contributed by atoms with Crippen molar-refractivity contribution in [3.05, 3.63) is 82.9 Å². The Balaban J connectivity index is 1.69. The van der Waals surface area contributed by atoms with Gasteiger partial charge in [-0.2, -0.15) is 17.6 Å². The van der Waals surface area contributed by atoms with E-state index in [1.807, 2.05) is 0 Å². The van der Waals surface area contributed by atoms with Crippen LogP contribution in [0.25, 0.3) is 6.08 Å². The molecule has 8 nitrogen and oxygen atoms in total. The number of anilines is 2. The molecule has 5 N–H and O–H groups in total. The summed E-state index contributed by atoms with van der Waals surface area (Å²) in [5.74, 6) is -2.97. The van der Waals surface area contributed by atoms with Gasteiger partial charge in [-0.05, 0) is 72.5 Å². The molecule has 3 rings (SSSR count). The minimum absolute atomic E-state index is 0.104. The summed E-state index contributed by atoms with van der Waals surface area (Å²) >= 11 is 0. The Morgan fingerprint density at radius 2 is 1.69 bits per heavy atom. The second-order valence-electron chi connectivity index (χ2n) is 8.22. The number of aryl methyl sites for hydroxylation is 1. The SMILES string of the molecule is COc1cc(C(=O)Oc2ccc(C=C(CCc3ccc(N)cc3N)C(=O)O)cc2)ccc1OC(F)(F)C(F)F. The lowest BCUT2D eigenvalue weighted by atomic mass is 10.0. The molecule has 0 saturated heterocycles. The van der Waals surface area contributed by atoms with Gasteiger partial charge in [-0.25, -0.2) is 9.59 Å². The molecule has 0 aliphatic heterocycles. The molecule has 0 amide bonds. The molecule has 0 aliphatic rings. The third kappa shape index (κ3) is 7.63. The summed E-state index contributed by atoms with van der Waals surface area (Å²) in [6, 6.07) is 13.9. The largest absolute Gasteiger partial charge is 0.493 e. The Kier molecular flexibility index (Phi) is 9.02. The van der Waals surface area contributed by atoms with E-state index >= 15 is 0 Å². The molecule has 12 heteroatoms. The molecule has 39 heavy (non-hydrogen) atoms. The van der Waals surface area contributed by atoms with Gasteiger partial charge in [0.2, 0.25) is 0 Å². The van der Waals surface area contributed by atoms with Gasteiger partial charge in [0.05, 0.1) is 12.7 Å². The van der Waals surface area contributed by atoms with Crippen LogP contribution in [0.5, 0.6) is 17.2 Å². The summed E-state index contributed by atoms with van der Waals surface area (Å²) in [6.45, 7) is 0. The number of carboxylic acids is 1. The smallest absolute Gasteiger partial charge is 0.461 e. The number of carboxylic acid groups (broad SMARTS) is 1. The molecule has 0 spiro atoms. The zero-order chi connectivity index (χ0) is 28.7. The standard InChI is InChI=1S/C27H24F4N2O6/c1-37-23-13-18(7-11-22(23)39-27(30,31)26(28)29)25(36)38-20-9-2-15(3-10-20)12-17(24(34)35)5-4-16-6-8-19(32)14-21(16)33/h2-3,6-14,26H,4-5,32-33H2,1H3,(H,34,35). The van der Waals surface area contributed by atoms with Crippen molar-refractivity contribution in [3.8, 4) is 17.2 Å². The number of esters is 1. The van der Waals surface area contributed by atoms with E-state index in [1.165, 1.54) is 30.3 Å². The van der Waals surface area contributed by atoms with Gasteiger partial charge in [-0.1, -0.05) is 18.2 Å². The summed E-state index contributed by atoms with van der Waals surface area (Å²) in [5.41, 5.74) is 13.9. The van der Waals surface area contributed by atoms with Crippen molar-refractivity contribution in [2.45, 2.75) is 25.4 Å². The maximum Gasteiger partial charge on any atom is 0.461 e. The first-order chi connectivity index (χ1) is 18.4. The predicted octanol–water partition coefficient (Wildman–Crippen LogP) is 5.42. The molecular formula is C27H24F4N2O6. The topological polar surface area (TPSA) is 134 Å². The van der Waals surface area contributed by atoms with Crippen molar-refractivity contribution >= 4 is 29.4 Å². The van der Waals surface area contributed by atoms with Gasteiger partial charge in [-0.15, -0.1) is 0 Å². The molecule has 206 valence electrons. The number of halogens is 4. The van der Waals surface area contributed by atoms with Gasteiger partial charge < -0.3 is 30.8 Å². The summed E-state index contributed by atoms with van der Waals surface area (Å²) in [4.78, 5) is 24.2. The molecule has 0 unspecified atom stereocenters. The van der Waals surface area contributed by atoms with Crippen molar-refractivity contribution < 1.29 is 46.5 Å². The maximum atomic E-state index is 13.2. The molecule has 0 bridgehead atoms. The number of alkyl halides is 4. The molecule has 0 atom stereocenters. The number of methoxy groups -OCH3 is 1. The van der Waals surface area contributed by atoms with E-state index in [9.17, 15) is 32.3 Å². The molecule has 3 aromatic carbocycles. The van der Waals surface area contributed by atoms with E-state index < -0.39 is 30.2 Å². The number of nitrogens with two attached hydrogens (primary N) is 2. The monoisotopic (exact) mass is 548 g/mol. The van der Waals surface area contributed by atoms with Gasteiger partial charge in [0.25, 0.3) is 0 Å². The molecule has 0 radical (unpaired) electrons. The Bertz CT molecular complexity index is 1380. The molecule has 0 aromatic heterocycles. The van der Waals surface area contributed by atoms with Crippen molar-refractivity contribution in [2.75, 3.05) is 18.6 Å². The van der Waals surface area contributed by atoms with Crippen molar-refractivity contribution in [1.82, 2.24) is 0 Å². The van der Waals surface area contributed by atoms with Crippen LogP contribution in [0, 0.1) is 0 Å². The van der Waals surface area contributed by atoms with Gasteiger partial charge >= 0.3 is 24.5 Å². The molecule has 3 aromatic rings. The molecule has 0 heterocycles. The first-order valence-corrected chi connectivity index (χ1v) is 11.3. The van der Waals surface area contributed by atoms with Crippen LogP contribution in [0.3, 0.4) is 0 Å². The van der Waals surface area contributed by atoms with E-state index in [0.717, 1.165) is 30.9 Å². The van der Waals surface area contributed by atoms with Crippen molar-refractivity contribution in [3.63, 3.8) is 0 Å². The number of nitrogen functional groups attached to an aromatic ring is 2. The lowest BCUT2D eigenvalue weighted by Gasteiger charge is -2.18. The molecule has 0 fully saturated rings. The highest BCUT2D eigenvalue weighted by molar-refractivity contribution is 5.93. The van der Waals surface area contributed by atoms with Crippen LogP contribution in [0.4, 0.5) is 28.9 Å². The van der Waals surface area contributed by atoms with Crippen LogP contribution in [0.2, 0.25) is 0 Å². The normalized spacial score (nSPS) is 11.8. The van der Waals surface area contributed by atoms with Crippen molar-refractivity contribution in [1.29, 1.82) is 0 Å². The quantitative estimate of drug-likeness (QED) is 0.0952. The number of hydrogen-bond acceptors (Lipinski definition) is 7. The van der Waals surface area contributed by atoms with Crippen LogP contribution in [-0.4, -0.2) is 36.7 Å². The van der Waals surface area contributed by atoms with Crippen LogP contribution in [0.1, 0.15) is 27.9 Å². The minimum Gasteiger partial charge on any atom is -0.493 e. The fourth-order valence-electron chi connectivity index (χ4n) is 3.42. The summed E-state index contributed by atoms with van der Waals surface area (Å²) in [7, 11) is 1.08. The summed E-state index contributed by atoms with van der Waals surface area (Å²) in [6.07, 6.45) is -6.77. The molecule has 0 saturated carbocycles. The van der Waals surface area contributed by atoms with E-state index in [-0.39, 0.29) is 29.1 Å². The van der Waals surface area contributed by atoms with Gasteiger partial charge in [0, 0.05) is 16.9 Å². The van der Waals surface area contributed by atoms with Crippen molar-refractivity contribution in [2.24, 2.45) is 0 Å². The Labute approximate surface area is 220 Å². The second-order valence-corrected chi connectivity index (χ2v) is 8.22. The fourth-order valence-corrected chi connectivity index (χ4v) is 3.42. The number of carbonyl (C=O) groups is 2. The zero-order valence-corrected chi connectivity index (χ0v) is 20.5. The van der Waals surface area contributed by atoms with Gasteiger partial charge in [0.1, 0.15) is 5.75 Å². The van der Waals surface area contributed by atoms with E-state index in [1.54, 1.807) is 18.2 Å². The maximum absolute atomic E-state index is 13.2. The van der Waals surface area contributed by atoms with E-state index in [4.69, 9.17) is 20.9 Å². The average molecular weight is 548 g/mol. The highest BCUT2D eigenvalue weighted by Gasteiger charge is 2.44. The highest BCUT2D eigenvalue weighted by Crippen LogP contribution is 2.35. The number of rotatable bonds is 11. The van der Waals surface area contributed by atoms with Crippen LogP contribution >= 0.6 is 0 Å². The third-order valence-electron chi connectivity index (χ3n) is 5.44. The lowest BCUT2D eigenvalue weighted by Crippen LogP contribution is -2.33. The molecular weight excluding hydrogens is 524 g/mol. The van der Waals surface area contributed by atoms with Crippen LogP contribution < -0.4 is 25.7 Å². The lowest BCUT2D eigenvalue weighted by molar-refractivity contribution is -0.253. The number of hydrogen-bond donors (Lipinski definition) is 3. The number of aliphatic carboxylic acids is 1. The highest BCUT2D eigenvalue weighted by atomic mass is 19.3. The number of benzene rings is 3. The summed E-state index contributed by atoms with van der Waals surface area (Å²) < 4.78 is 65.5. The minimum atomic E-state index is -4.75. The van der Waals surface area contributed by atoms with E-state index in [0.29, 0.717) is 23.4 Å². The van der Waals surface area contributed by atoms with E-state index in [2.05, 4.69) is 4.74 Å². The Morgan fingerprint density at radius 1 is 1.00 bits per heavy atom. The predicted molar refractivity (Wildman–Crippen MR) is 135 cm³/mol. The van der Waals surface area contributed by atoms with Crippen LogP contribution in [0.15, 0.2) is 66.2 Å². The van der Waals surface area contributed by atoms with Gasteiger partial charge in [-0.3, -0.25) is 0 Å². The molecule has 0 aliphatic carbocycles. The van der Waals surface area contributed by atoms with Gasteiger partial charge in [0.15, 0.2) is 11.5 Å². The fraction of sp³-hybridized carbons (Fsp3) is 0.185. The summed E-state index contributed by atoms with van der Waals surface area (Å²) in [5, 5.41) is 9.59. The first kappa shape index (κ1) is 28.8. The third-order valence-corrected chi connectivity index (χ3v) is 5.44. The number of ether oxygens (including phenoxy) is 3. The Hall–Kier alpha value is -4.74. The van der Waals surface area contributed by atoms with Crippen LogP contribution in [-0.2, 0) is 11.2 Å².